The van der Waals surface area contributed by atoms with Crippen LogP contribution in [0.15, 0.2) is 30.3 Å². The summed E-state index contributed by atoms with van der Waals surface area (Å²) in [6.07, 6.45) is 5.01. The Morgan fingerprint density at radius 2 is 2.03 bits per heavy atom. The average molecular weight is 502 g/mol. The minimum Gasteiger partial charge on any atom is -0.477 e. The van der Waals surface area contributed by atoms with Crippen molar-refractivity contribution >= 4 is 45.2 Å². The lowest BCUT2D eigenvalue weighted by Crippen LogP contribution is -2.31. The summed E-state index contributed by atoms with van der Waals surface area (Å²) in [7, 11) is -3.69. The van der Waals surface area contributed by atoms with E-state index in [4.69, 9.17) is 27.9 Å². The number of rotatable bonds is 12. The molecule has 32 heavy (non-hydrogen) atoms. The molecule has 1 heterocycles. The van der Waals surface area contributed by atoms with Gasteiger partial charge in [0.2, 0.25) is 15.9 Å². The zero-order chi connectivity index (χ0) is 23.7. The molecule has 1 aromatic carbocycles. The lowest BCUT2D eigenvalue weighted by molar-refractivity contribution is -0.114. The highest BCUT2D eigenvalue weighted by Crippen LogP contribution is 2.23. The van der Waals surface area contributed by atoms with Crippen LogP contribution in [-0.2, 0) is 21.4 Å². The molecule has 1 N–H and O–H groups in total. The van der Waals surface area contributed by atoms with Crippen molar-refractivity contribution in [2.45, 2.75) is 46.6 Å². The molecule has 0 bridgehead atoms. The molecule has 0 spiro atoms. The molecule has 2 aromatic rings. The van der Waals surface area contributed by atoms with Crippen molar-refractivity contribution in [1.29, 1.82) is 0 Å². The van der Waals surface area contributed by atoms with Crippen LogP contribution in [-0.4, -0.2) is 36.5 Å². The van der Waals surface area contributed by atoms with Crippen molar-refractivity contribution in [3.8, 4) is 5.88 Å². The second-order valence-corrected chi connectivity index (χ2v) is 10.5. The van der Waals surface area contributed by atoms with E-state index in [1.165, 1.54) is 12.2 Å². The molecule has 0 saturated heterocycles. The van der Waals surface area contributed by atoms with Crippen molar-refractivity contribution in [3.63, 3.8) is 0 Å². The standard InChI is InChI=1S/C22H29Cl2N3O4S/c1-4-5-11-31-22-14-19(8-9-21(28)26-32(29,30)12-10-16(2)3)27(25-22)15-17-6-7-18(23)13-20(17)24/h6-9,13-14,16H,4-5,10-12,15H2,1-3H3,(H,26,28)/b9-8+. The maximum Gasteiger partial charge on any atom is 0.257 e. The number of benzene rings is 1. The second-order valence-electron chi connectivity index (χ2n) is 7.80. The number of unbranched alkanes of at least 4 members (excludes halogenated alkanes) is 1. The van der Waals surface area contributed by atoms with Crippen LogP contribution in [0, 0.1) is 5.92 Å². The zero-order valence-electron chi connectivity index (χ0n) is 18.5. The van der Waals surface area contributed by atoms with Crippen molar-refractivity contribution in [3.05, 3.63) is 51.6 Å². The monoisotopic (exact) mass is 501 g/mol. The SMILES string of the molecule is CCCCOc1cc(/C=C/C(=O)NS(=O)(=O)CCC(C)C)n(Cc2ccc(Cl)cc2Cl)n1. The summed E-state index contributed by atoms with van der Waals surface area (Å²) >= 11 is 12.3. The topological polar surface area (TPSA) is 90.3 Å². The first-order chi connectivity index (χ1) is 15.1. The van der Waals surface area contributed by atoms with Crippen LogP contribution in [0.4, 0.5) is 0 Å². The molecule has 10 heteroatoms. The van der Waals surface area contributed by atoms with Crippen LogP contribution in [0.2, 0.25) is 10.0 Å². The van der Waals surface area contributed by atoms with Crippen molar-refractivity contribution in [1.82, 2.24) is 14.5 Å². The fraction of sp³-hybridized carbons (Fsp3) is 0.455. The number of nitrogens with zero attached hydrogens (tertiary/aromatic N) is 2. The summed E-state index contributed by atoms with van der Waals surface area (Å²) in [5.41, 5.74) is 1.35. The van der Waals surface area contributed by atoms with Crippen molar-refractivity contribution < 1.29 is 17.9 Å². The molecule has 0 aliphatic rings. The molecule has 1 aromatic heterocycles. The average Bonchev–Trinajstić information content (AvgIpc) is 3.08. The maximum atomic E-state index is 12.2. The largest absolute Gasteiger partial charge is 0.477 e. The minimum absolute atomic E-state index is 0.105. The third kappa shape index (κ3) is 8.84. The van der Waals surface area contributed by atoms with Crippen molar-refractivity contribution in [2.24, 2.45) is 5.92 Å². The Morgan fingerprint density at radius 3 is 2.69 bits per heavy atom. The molecule has 1 amide bonds. The van der Waals surface area contributed by atoms with Gasteiger partial charge in [-0.25, -0.2) is 13.1 Å². The predicted molar refractivity (Wildman–Crippen MR) is 129 cm³/mol. The smallest absolute Gasteiger partial charge is 0.257 e. The van der Waals surface area contributed by atoms with Gasteiger partial charge < -0.3 is 4.74 Å². The van der Waals surface area contributed by atoms with Gasteiger partial charge in [0.25, 0.3) is 5.91 Å². The summed E-state index contributed by atoms with van der Waals surface area (Å²) in [5.74, 6) is -0.197. The Bertz CT molecular complexity index is 1050. The first-order valence-corrected chi connectivity index (χ1v) is 12.9. The summed E-state index contributed by atoms with van der Waals surface area (Å²) in [4.78, 5) is 12.2. The van der Waals surface area contributed by atoms with E-state index in [9.17, 15) is 13.2 Å². The number of ether oxygens (including phenoxy) is 1. The summed E-state index contributed by atoms with van der Waals surface area (Å²) in [6.45, 7) is 6.75. The highest BCUT2D eigenvalue weighted by atomic mass is 35.5. The maximum absolute atomic E-state index is 12.2. The molecule has 0 saturated carbocycles. The highest BCUT2D eigenvalue weighted by Gasteiger charge is 2.14. The Balaban J connectivity index is 2.19. The number of carbonyl (C=O) groups is 1. The van der Waals surface area contributed by atoms with Crippen LogP contribution in [0.3, 0.4) is 0 Å². The Labute approximate surface area is 199 Å². The van der Waals surface area contributed by atoms with E-state index in [1.54, 1.807) is 28.9 Å². The third-order valence-corrected chi connectivity index (χ3v) is 6.37. The van der Waals surface area contributed by atoms with Crippen LogP contribution < -0.4 is 9.46 Å². The quantitative estimate of drug-likeness (QED) is 0.329. The van der Waals surface area contributed by atoms with Gasteiger partial charge in [-0.2, -0.15) is 0 Å². The Kier molecular flexibility index (Phi) is 10.1. The van der Waals surface area contributed by atoms with Gasteiger partial charge in [-0.15, -0.1) is 5.10 Å². The van der Waals surface area contributed by atoms with E-state index in [2.05, 4.69) is 16.7 Å². The van der Waals surface area contributed by atoms with E-state index in [0.717, 1.165) is 18.4 Å². The third-order valence-electron chi connectivity index (χ3n) is 4.50. The number of hydrogen-bond acceptors (Lipinski definition) is 5. The lowest BCUT2D eigenvalue weighted by atomic mass is 10.2. The fourth-order valence-electron chi connectivity index (χ4n) is 2.66. The normalized spacial score (nSPS) is 11.9. The van der Waals surface area contributed by atoms with Crippen LogP contribution in [0.1, 0.15) is 51.3 Å². The van der Waals surface area contributed by atoms with Gasteiger partial charge in [-0.1, -0.05) is 56.5 Å². The molecule has 176 valence electrons. The van der Waals surface area contributed by atoms with E-state index in [0.29, 0.717) is 41.2 Å². The molecule has 0 radical (unpaired) electrons. The molecule has 0 aliphatic heterocycles. The number of halogens is 2. The molecular weight excluding hydrogens is 473 g/mol. The summed E-state index contributed by atoms with van der Waals surface area (Å²) < 4.78 is 33.5. The number of carbonyl (C=O) groups excluding carboxylic acids is 1. The number of aromatic nitrogens is 2. The van der Waals surface area contributed by atoms with E-state index in [1.807, 2.05) is 13.8 Å². The van der Waals surface area contributed by atoms with Gasteiger partial charge in [0.05, 0.1) is 24.6 Å². The summed E-state index contributed by atoms with van der Waals surface area (Å²) in [5, 5.41) is 5.46. The Hall–Kier alpha value is -2.03. The van der Waals surface area contributed by atoms with Gasteiger partial charge in [0.1, 0.15) is 0 Å². The van der Waals surface area contributed by atoms with Gasteiger partial charge in [-0.05, 0) is 42.5 Å². The Morgan fingerprint density at radius 1 is 1.28 bits per heavy atom. The molecule has 2 rings (SSSR count). The van der Waals surface area contributed by atoms with Crippen LogP contribution in [0.25, 0.3) is 6.08 Å². The van der Waals surface area contributed by atoms with E-state index in [-0.39, 0.29) is 11.7 Å². The molecular formula is C22H29Cl2N3O4S. The number of sulfonamides is 1. The van der Waals surface area contributed by atoms with E-state index >= 15 is 0 Å². The van der Waals surface area contributed by atoms with Crippen molar-refractivity contribution in [2.75, 3.05) is 12.4 Å². The predicted octanol–water partition coefficient (Wildman–Crippen LogP) is 4.92. The summed E-state index contributed by atoms with van der Waals surface area (Å²) in [6, 6.07) is 6.86. The van der Waals surface area contributed by atoms with Crippen LogP contribution in [0.5, 0.6) is 5.88 Å². The zero-order valence-corrected chi connectivity index (χ0v) is 20.8. The molecule has 0 fully saturated rings. The molecule has 0 aliphatic carbocycles. The number of hydrogen-bond donors (Lipinski definition) is 1. The van der Waals surface area contributed by atoms with Crippen LogP contribution >= 0.6 is 23.2 Å². The first kappa shape index (κ1) is 26.2. The van der Waals surface area contributed by atoms with Gasteiger partial charge in [0.15, 0.2) is 0 Å². The molecule has 0 atom stereocenters. The molecule has 7 nitrogen and oxygen atoms in total. The molecule has 0 unspecified atom stereocenters. The second kappa shape index (κ2) is 12.3. The number of amides is 1. The van der Waals surface area contributed by atoms with E-state index < -0.39 is 15.9 Å². The van der Waals surface area contributed by atoms with Gasteiger partial charge in [0, 0.05) is 22.2 Å². The number of nitrogens with one attached hydrogen (secondary N) is 1. The fourth-order valence-corrected chi connectivity index (χ4v) is 4.39. The van der Waals surface area contributed by atoms with Gasteiger partial charge >= 0.3 is 0 Å². The minimum atomic E-state index is -3.69. The lowest BCUT2D eigenvalue weighted by Gasteiger charge is -2.08. The van der Waals surface area contributed by atoms with Gasteiger partial charge in [-0.3, -0.25) is 9.48 Å². The first-order valence-electron chi connectivity index (χ1n) is 10.5. The highest BCUT2D eigenvalue weighted by molar-refractivity contribution is 7.90.